The van der Waals surface area contributed by atoms with E-state index in [9.17, 15) is 0 Å². The van der Waals surface area contributed by atoms with Crippen molar-refractivity contribution in [3.8, 4) is 78.4 Å². The van der Waals surface area contributed by atoms with Crippen LogP contribution in [0.1, 0.15) is 22.3 Å². The molecule has 12 rings (SSSR count). The van der Waals surface area contributed by atoms with E-state index in [0.29, 0.717) is 5.82 Å². The fourth-order valence-electron chi connectivity index (χ4n) is 10.2. The van der Waals surface area contributed by atoms with Crippen molar-refractivity contribution in [2.45, 2.75) is 5.41 Å². The van der Waals surface area contributed by atoms with E-state index in [0.717, 1.165) is 44.8 Å². The Morgan fingerprint density at radius 2 is 0.738 bits per heavy atom. The minimum Gasteiger partial charge on any atom is -0.228 e. The second-order valence-electron chi connectivity index (χ2n) is 16.9. The van der Waals surface area contributed by atoms with Gasteiger partial charge in [-0.15, -0.1) is 0 Å². The van der Waals surface area contributed by atoms with Crippen molar-refractivity contribution >= 4 is 10.8 Å². The van der Waals surface area contributed by atoms with Crippen molar-refractivity contribution in [2.75, 3.05) is 0 Å². The van der Waals surface area contributed by atoms with E-state index in [4.69, 9.17) is 9.97 Å². The van der Waals surface area contributed by atoms with Gasteiger partial charge in [-0.25, -0.2) is 9.97 Å². The summed E-state index contributed by atoms with van der Waals surface area (Å²) >= 11 is 0. The van der Waals surface area contributed by atoms with Crippen LogP contribution < -0.4 is 0 Å². The number of rotatable bonds is 8. The van der Waals surface area contributed by atoms with Gasteiger partial charge < -0.3 is 0 Å². The predicted octanol–water partition coefficient (Wildman–Crippen LogP) is 16.0. The van der Waals surface area contributed by atoms with E-state index in [2.05, 4.69) is 255 Å². The zero-order valence-electron chi connectivity index (χ0n) is 35.6. The Balaban J connectivity index is 1.08. The van der Waals surface area contributed by atoms with Crippen LogP contribution in [0.4, 0.5) is 0 Å². The van der Waals surface area contributed by atoms with Crippen LogP contribution >= 0.6 is 0 Å². The zero-order valence-corrected chi connectivity index (χ0v) is 35.6. The molecule has 10 aromatic carbocycles. The van der Waals surface area contributed by atoms with Gasteiger partial charge in [0.2, 0.25) is 0 Å². The van der Waals surface area contributed by atoms with Crippen LogP contribution in [-0.2, 0) is 5.41 Å². The number of hydrogen-bond acceptors (Lipinski definition) is 2. The van der Waals surface area contributed by atoms with Crippen LogP contribution in [0.2, 0.25) is 0 Å². The molecule has 2 heteroatoms. The molecule has 2 nitrogen and oxygen atoms in total. The summed E-state index contributed by atoms with van der Waals surface area (Å²) in [6.45, 7) is 0. The molecular formula is C63H42N2. The summed E-state index contributed by atoms with van der Waals surface area (Å²) in [4.78, 5) is 10.8. The zero-order chi connectivity index (χ0) is 43.2. The molecule has 11 aromatic rings. The Hall–Kier alpha value is -8.46. The Morgan fingerprint density at radius 1 is 0.292 bits per heavy atom. The Bertz CT molecular complexity index is 3380. The molecule has 0 radical (unpaired) electrons. The quantitative estimate of drug-likeness (QED) is 0.152. The molecule has 0 amide bonds. The summed E-state index contributed by atoms with van der Waals surface area (Å²) in [5, 5.41) is 2.45. The van der Waals surface area contributed by atoms with Gasteiger partial charge in [-0.3, -0.25) is 0 Å². The second kappa shape index (κ2) is 16.0. The van der Waals surface area contributed by atoms with E-state index in [-0.39, 0.29) is 0 Å². The molecule has 0 unspecified atom stereocenters. The molecular weight excluding hydrogens is 785 g/mol. The van der Waals surface area contributed by atoms with Crippen LogP contribution in [0.25, 0.3) is 89.2 Å². The minimum atomic E-state index is -0.545. The van der Waals surface area contributed by atoms with Gasteiger partial charge in [0.25, 0.3) is 0 Å². The summed E-state index contributed by atoms with van der Waals surface area (Å²) in [6.07, 6.45) is 0. The average molecular weight is 827 g/mol. The van der Waals surface area contributed by atoms with E-state index in [1.165, 1.54) is 60.8 Å². The number of aromatic nitrogens is 2. The highest BCUT2D eigenvalue weighted by molar-refractivity contribution is 6.07. The SMILES string of the molecule is c1ccc(-c2cccc(-c3cc(-c4cccc(-c5ccccc5)c4)nc(-c4cccc(-c5cc6ccccc6c6c5-c5ccccc5C6(c5ccccc5)c5ccccc5)c4)n3)c2)cc1. The van der Waals surface area contributed by atoms with Gasteiger partial charge in [-0.1, -0.05) is 224 Å². The average Bonchev–Trinajstić information content (AvgIpc) is 3.72. The lowest BCUT2D eigenvalue weighted by atomic mass is 9.66. The van der Waals surface area contributed by atoms with Gasteiger partial charge in [0.15, 0.2) is 5.82 Å². The molecule has 0 aliphatic heterocycles. The van der Waals surface area contributed by atoms with Gasteiger partial charge in [0.1, 0.15) is 0 Å². The monoisotopic (exact) mass is 826 g/mol. The molecule has 0 saturated carbocycles. The molecule has 0 N–H and O–H groups in total. The van der Waals surface area contributed by atoms with Crippen molar-refractivity contribution < 1.29 is 0 Å². The van der Waals surface area contributed by atoms with Gasteiger partial charge in [-0.2, -0.15) is 0 Å². The maximum absolute atomic E-state index is 5.40. The predicted molar refractivity (Wildman–Crippen MR) is 269 cm³/mol. The standard InChI is InChI=1S/C63H42N2/c1-5-20-43(21-6-1)45-25-17-28-49(38-45)58-42-59(50-29-18-26-46(39-50)44-22-7-2-8-23-44)65-62(64-58)51-30-19-27-47(40-51)56-41-48-24-13-14-35-54(48)61-60(56)55-36-15-16-37-57(55)63(61,52-31-9-3-10-32-52)53-33-11-4-12-34-53/h1-42H. The van der Waals surface area contributed by atoms with Crippen LogP contribution in [0.15, 0.2) is 255 Å². The fraction of sp³-hybridized carbons (Fsp3) is 0.0159. The number of nitrogens with zero attached hydrogens (tertiary/aromatic N) is 2. The maximum atomic E-state index is 5.40. The van der Waals surface area contributed by atoms with Gasteiger partial charge in [0.05, 0.1) is 16.8 Å². The minimum absolute atomic E-state index is 0.545. The van der Waals surface area contributed by atoms with E-state index >= 15 is 0 Å². The van der Waals surface area contributed by atoms with E-state index in [1.807, 2.05) is 0 Å². The molecule has 65 heavy (non-hydrogen) atoms. The van der Waals surface area contributed by atoms with E-state index in [1.54, 1.807) is 0 Å². The van der Waals surface area contributed by atoms with Crippen LogP contribution in [0.5, 0.6) is 0 Å². The third-order valence-electron chi connectivity index (χ3n) is 13.1. The van der Waals surface area contributed by atoms with Crippen molar-refractivity contribution in [3.05, 3.63) is 277 Å². The Morgan fingerprint density at radius 3 is 1.34 bits per heavy atom. The van der Waals surface area contributed by atoms with Gasteiger partial charge >= 0.3 is 0 Å². The number of benzene rings is 10. The third kappa shape index (κ3) is 6.58. The molecule has 0 saturated heterocycles. The molecule has 0 fully saturated rings. The first-order valence-electron chi connectivity index (χ1n) is 22.3. The second-order valence-corrected chi connectivity index (χ2v) is 16.9. The van der Waals surface area contributed by atoms with Crippen LogP contribution in [0.3, 0.4) is 0 Å². The molecule has 0 spiro atoms. The normalized spacial score (nSPS) is 12.4. The molecule has 1 aliphatic carbocycles. The van der Waals surface area contributed by atoms with Crippen molar-refractivity contribution in [1.82, 2.24) is 9.97 Å². The lowest BCUT2D eigenvalue weighted by Gasteiger charge is -2.35. The Kier molecular flexibility index (Phi) is 9.43. The molecule has 1 heterocycles. The van der Waals surface area contributed by atoms with Crippen LogP contribution in [-0.4, -0.2) is 9.97 Å². The van der Waals surface area contributed by atoms with Crippen molar-refractivity contribution in [2.24, 2.45) is 0 Å². The van der Waals surface area contributed by atoms with E-state index < -0.39 is 5.41 Å². The highest BCUT2D eigenvalue weighted by atomic mass is 14.9. The van der Waals surface area contributed by atoms with Gasteiger partial charge in [-0.05, 0) is 108 Å². The first-order chi connectivity index (χ1) is 32.2. The highest BCUT2D eigenvalue weighted by Gasteiger charge is 2.48. The maximum Gasteiger partial charge on any atom is 0.160 e. The lowest BCUT2D eigenvalue weighted by Crippen LogP contribution is -2.28. The summed E-state index contributed by atoms with van der Waals surface area (Å²) < 4.78 is 0. The molecule has 304 valence electrons. The van der Waals surface area contributed by atoms with Crippen molar-refractivity contribution in [1.29, 1.82) is 0 Å². The third-order valence-corrected chi connectivity index (χ3v) is 13.1. The molecule has 1 aliphatic rings. The lowest BCUT2D eigenvalue weighted by molar-refractivity contribution is 0.775. The Labute approximate surface area is 379 Å². The molecule has 0 atom stereocenters. The van der Waals surface area contributed by atoms with Gasteiger partial charge in [0, 0.05) is 16.7 Å². The topological polar surface area (TPSA) is 25.8 Å². The molecule has 0 bridgehead atoms. The van der Waals surface area contributed by atoms with Crippen LogP contribution in [0, 0.1) is 0 Å². The summed E-state index contributed by atoms with van der Waals surface area (Å²) in [5.41, 5.74) is 18.7. The molecule has 1 aromatic heterocycles. The largest absolute Gasteiger partial charge is 0.228 e. The fourth-order valence-corrected chi connectivity index (χ4v) is 10.2. The summed E-state index contributed by atoms with van der Waals surface area (Å²) in [5.74, 6) is 0.676. The number of fused-ring (bicyclic) bond motifs is 5. The number of hydrogen-bond donors (Lipinski definition) is 0. The first kappa shape index (κ1) is 38.2. The highest BCUT2D eigenvalue weighted by Crippen LogP contribution is 2.60. The summed E-state index contributed by atoms with van der Waals surface area (Å²) in [7, 11) is 0. The smallest absolute Gasteiger partial charge is 0.160 e. The summed E-state index contributed by atoms with van der Waals surface area (Å²) in [6, 6.07) is 91.9. The van der Waals surface area contributed by atoms with Crippen molar-refractivity contribution in [3.63, 3.8) is 0 Å². The first-order valence-corrected chi connectivity index (χ1v) is 22.3.